The fraction of sp³-hybridized carbons (Fsp3) is 0.500. The van der Waals surface area contributed by atoms with Crippen molar-refractivity contribution in [2.75, 3.05) is 0 Å². The number of carboxylic acids is 1. The zero-order valence-electron chi connectivity index (χ0n) is 7.56. The lowest BCUT2D eigenvalue weighted by atomic mass is 10.2. The first-order valence-electron chi connectivity index (χ1n) is 3.98. The summed E-state index contributed by atoms with van der Waals surface area (Å²) < 4.78 is 1.38. The minimum atomic E-state index is -1.06. The Morgan fingerprint density at radius 3 is 2.69 bits per heavy atom. The minimum absolute atomic E-state index is 0.0219. The van der Waals surface area contributed by atoms with Gasteiger partial charge in [0.25, 0.3) is 0 Å². The number of carboxylic acid groups (broad SMARTS) is 1. The second-order valence-corrected chi connectivity index (χ2v) is 3.02. The third-order valence-corrected chi connectivity index (χ3v) is 1.73. The van der Waals surface area contributed by atoms with Crippen LogP contribution in [0.15, 0.2) is 6.20 Å². The van der Waals surface area contributed by atoms with Crippen LogP contribution in [0.1, 0.15) is 35.9 Å². The van der Waals surface area contributed by atoms with Gasteiger partial charge in [0.05, 0.1) is 12.8 Å². The maximum atomic E-state index is 10.8. The number of carbonyl (C=O) groups is 1. The highest BCUT2D eigenvalue weighted by atomic mass is 16.4. The monoisotopic (exact) mass is 184 g/mol. The van der Waals surface area contributed by atoms with Crippen molar-refractivity contribution in [1.29, 1.82) is 0 Å². The summed E-state index contributed by atoms with van der Waals surface area (Å²) in [6.07, 6.45) is 1.38. The van der Waals surface area contributed by atoms with E-state index in [1.54, 1.807) is 0 Å². The van der Waals surface area contributed by atoms with Gasteiger partial charge in [0.1, 0.15) is 0 Å². The van der Waals surface area contributed by atoms with E-state index >= 15 is 0 Å². The molecule has 1 aromatic rings. The van der Waals surface area contributed by atoms with Gasteiger partial charge >= 0.3 is 5.97 Å². The first-order valence-corrected chi connectivity index (χ1v) is 3.98. The Kier molecular flexibility index (Phi) is 2.67. The third-order valence-electron chi connectivity index (χ3n) is 1.73. The summed E-state index contributed by atoms with van der Waals surface area (Å²) >= 11 is 0. The zero-order chi connectivity index (χ0) is 10.0. The van der Waals surface area contributed by atoms with E-state index in [0.717, 1.165) is 0 Å². The first-order chi connectivity index (χ1) is 6.07. The first kappa shape index (κ1) is 9.73. The van der Waals surface area contributed by atoms with E-state index in [1.165, 1.54) is 10.9 Å². The van der Waals surface area contributed by atoms with E-state index in [-0.39, 0.29) is 18.3 Å². The number of aromatic nitrogens is 2. The number of nitrogens with zero attached hydrogens (tertiary/aromatic N) is 2. The SMILES string of the molecule is CC(C)n1ncc(CO)c1C(=O)O. The molecule has 0 atom stereocenters. The molecule has 13 heavy (non-hydrogen) atoms. The molecule has 2 N–H and O–H groups in total. The van der Waals surface area contributed by atoms with Crippen LogP contribution in [0.4, 0.5) is 0 Å². The molecule has 0 aliphatic carbocycles. The predicted octanol–water partition coefficient (Wildman–Crippen LogP) is 0.654. The molecule has 1 heterocycles. The van der Waals surface area contributed by atoms with Crippen molar-refractivity contribution < 1.29 is 15.0 Å². The lowest BCUT2D eigenvalue weighted by molar-refractivity contribution is 0.0677. The lowest BCUT2D eigenvalue weighted by Crippen LogP contribution is -2.13. The van der Waals surface area contributed by atoms with Crippen LogP contribution in [0.3, 0.4) is 0 Å². The third kappa shape index (κ3) is 1.70. The molecular weight excluding hydrogens is 172 g/mol. The smallest absolute Gasteiger partial charge is 0.354 e. The number of aliphatic hydroxyl groups excluding tert-OH is 1. The summed E-state index contributed by atoms with van der Waals surface area (Å²) in [6, 6.07) is -0.0219. The molecular formula is C8H12N2O3. The van der Waals surface area contributed by atoms with E-state index in [1.807, 2.05) is 13.8 Å². The van der Waals surface area contributed by atoms with Gasteiger partial charge in [-0.2, -0.15) is 5.10 Å². The summed E-state index contributed by atoms with van der Waals surface area (Å²) in [5.41, 5.74) is 0.415. The van der Waals surface area contributed by atoms with Crippen molar-refractivity contribution in [3.63, 3.8) is 0 Å². The fourth-order valence-corrected chi connectivity index (χ4v) is 1.14. The summed E-state index contributed by atoms with van der Waals surface area (Å²) in [7, 11) is 0. The van der Waals surface area contributed by atoms with Crippen LogP contribution in [0.5, 0.6) is 0 Å². The standard InChI is InChI=1S/C8H12N2O3/c1-5(2)10-7(8(12)13)6(4-11)3-9-10/h3,5,11H,4H2,1-2H3,(H,12,13). The van der Waals surface area contributed by atoms with Crippen molar-refractivity contribution >= 4 is 5.97 Å². The van der Waals surface area contributed by atoms with E-state index < -0.39 is 5.97 Å². The van der Waals surface area contributed by atoms with Gasteiger partial charge in [-0.05, 0) is 13.8 Å². The lowest BCUT2D eigenvalue weighted by Gasteiger charge is -2.08. The van der Waals surface area contributed by atoms with Gasteiger partial charge in [0.15, 0.2) is 5.69 Å². The van der Waals surface area contributed by atoms with Gasteiger partial charge in [0.2, 0.25) is 0 Å². The van der Waals surface area contributed by atoms with Crippen LogP contribution in [-0.4, -0.2) is 26.0 Å². The molecule has 0 fully saturated rings. The molecule has 0 spiro atoms. The average molecular weight is 184 g/mol. The Labute approximate surface area is 75.6 Å². The van der Waals surface area contributed by atoms with Crippen LogP contribution in [0.25, 0.3) is 0 Å². The highest BCUT2D eigenvalue weighted by Gasteiger charge is 2.18. The van der Waals surface area contributed by atoms with Crippen LogP contribution in [-0.2, 0) is 6.61 Å². The highest BCUT2D eigenvalue weighted by molar-refractivity contribution is 5.87. The van der Waals surface area contributed by atoms with Gasteiger partial charge in [0, 0.05) is 11.6 Å². The molecule has 0 bridgehead atoms. The van der Waals surface area contributed by atoms with Gasteiger partial charge < -0.3 is 10.2 Å². The summed E-state index contributed by atoms with van der Waals surface area (Å²) in [5.74, 6) is -1.06. The molecule has 5 nitrogen and oxygen atoms in total. The molecule has 0 saturated heterocycles. The Balaban J connectivity index is 3.22. The topological polar surface area (TPSA) is 75.3 Å². The van der Waals surface area contributed by atoms with Crippen molar-refractivity contribution in [3.8, 4) is 0 Å². The molecule has 1 aromatic heterocycles. The van der Waals surface area contributed by atoms with Crippen molar-refractivity contribution in [2.24, 2.45) is 0 Å². The van der Waals surface area contributed by atoms with E-state index in [4.69, 9.17) is 10.2 Å². The second kappa shape index (κ2) is 3.57. The van der Waals surface area contributed by atoms with Crippen LogP contribution in [0.2, 0.25) is 0 Å². The molecule has 0 aromatic carbocycles. The molecule has 0 radical (unpaired) electrons. The van der Waals surface area contributed by atoms with Crippen LogP contribution in [0, 0.1) is 0 Å². The second-order valence-electron chi connectivity index (χ2n) is 3.02. The molecule has 0 aliphatic rings. The Bertz CT molecular complexity index is 317. The van der Waals surface area contributed by atoms with Crippen LogP contribution < -0.4 is 0 Å². The van der Waals surface area contributed by atoms with E-state index in [2.05, 4.69) is 5.10 Å². The van der Waals surface area contributed by atoms with E-state index in [9.17, 15) is 4.79 Å². The van der Waals surface area contributed by atoms with Crippen molar-refractivity contribution in [2.45, 2.75) is 26.5 Å². The van der Waals surface area contributed by atoms with E-state index in [0.29, 0.717) is 5.56 Å². The minimum Gasteiger partial charge on any atom is -0.477 e. The fourth-order valence-electron chi connectivity index (χ4n) is 1.14. The Morgan fingerprint density at radius 2 is 2.31 bits per heavy atom. The predicted molar refractivity (Wildman–Crippen MR) is 45.5 cm³/mol. The summed E-state index contributed by atoms with van der Waals surface area (Å²) in [5, 5.41) is 21.6. The molecule has 0 unspecified atom stereocenters. The molecule has 0 saturated carbocycles. The Morgan fingerprint density at radius 1 is 1.69 bits per heavy atom. The number of aromatic carboxylic acids is 1. The van der Waals surface area contributed by atoms with Crippen LogP contribution >= 0.6 is 0 Å². The van der Waals surface area contributed by atoms with Gasteiger partial charge in [-0.3, -0.25) is 4.68 Å². The summed E-state index contributed by atoms with van der Waals surface area (Å²) in [6.45, 7) is 3.37. The Hall–Kier alpha value is -1.36. The van der Waals surface area contributed by atoms with Crippen molar-refractivity contribution in [3.05, 3.63) is 17.5 Å². The normalized spacial score (nSPS) is 10.8. The average Bonchev–Trinajstić information content (AvgIpc) is 2.46. The zero-order valence-corrected chi connectivity index (χ0v) is 7.56. The maximum Gasteiger partial charge on any atom is 0.354 e. The van der Waals surface area contributed by atoms with Crippen molar-refractivity contribution in [1.82, 2.24) is 9.78 Å². The quantitative estimate of drug-likeness (QED) is 0.723. The molecule has 0 amide bonds. The molecule has 5 heteroatoms. The maximum absolute atomic E-state index is 10.8. The van der Waals surface area contributed by atoms with Gasteiger partial charge in [-0.25, -0.2) is 4.79 Å². The molecule has 72 valence electrons. The largest absolute Gasteiger partial charge is 0.477 e. The number of aliphatic hydroxyl groups is 1. The van der Waals surface area contributed by atoms with Gasteiger partial charge in [-0.1, -0.05) is 0 Å². The highest BCUT2D eigenvalue weighted by Crippen LogP contribution is 2.13. The number of hydrogen-bond donors (Lipinski definition) is 2. The van der Waals surface area contributed by atoms with Gasteiger partial charge in [-0.15, -0.1) is 0 Å². The number of rotatable bonds is 3. The molecule has 1 rings (SSSR count). The molecule has 0 aliphatic heterocycles. The summed E-state index contributed by atoms with van der Waals surface area (Å²) in [4.78, 5) is 10.8. The number of hydrogen-bond acceptors (Lipinski definition) is 3.